The maximum absolute atomic E-state index is 8.04. The van der Waals surface area contributed by atoms with E-state index in [2.05, 4.69) is 4.89 Å². The SMILES string of the molecule is CC(C)(OO)C(=N)N. The first-order chi connectivity index (χ1) is 3.50. The molecule has 0 aliphatic rings. The molecule has 4 N–H and O–H groups in total. The third kappa shape index (κ3) is 1.48. The third-order valence-electron chi connectivity index (χ3n) is 0.877. The van der Waals surface area contributed by atoms with Crippen LogP contribution in [0, 0.1) is 5.41 Å². The molecule has 0 aliphatic carbocycles. The minimum atomic E-state index is -1.04. The number of nitrogens with two attached hydrogens (primary N) is 1. The third-order valence-corrected chi connectivity index (χ3v) is 0.877. The number of amidine groups is 1. The molecule has 0 bridgehead atoms. The zero-order chi connectivity index (χ0) is 6.78. The van der Waals surface area contributed by atoms with Gasteiger partial charge in [0.2, 0.25) is 0 Å². The smallest absolute Gasteiger partial charge is 0.154 e. The minimum Gasteiger partial charge on any atom is -0.385 e. The molecule has 4 nitrogen and oxygen atoms in total. The lowest BCUT2D eigenvalue weighted by Gasteiger charge is -2.17. The highest BCUT2D eigenvalue weighted by molar-refractivity contribution is 5.85. The Bertz CT molecular complexity index is 100. The first-order valence-corrected chi connectivity index (χ1v) is 2.18. The van der Waals surface area contributed by atoms with Crippen molar-refractivity contribution in [3.8, 4) is 0 Å². The first-order valence-electron chi connectivity index (χ1n) is 2.18. The summed E-state index contributed by atoms with van der Waals surface area (Å²) >= 11 is 0. The van der Waals surface area contributed by atoms with Crippen LogP contribution in [-0.4, -0.2) is 16.7 Å². The summed E-state index contributed by atoms with van der Waals surface area (Å²) in [5, 5.41) is 14.8. The van der Waals surface area contributed by atoms with Crippen LogP contribution in [0.1, 0.15) is 13.8 Å². The Morgan fingerprint density at radius 1 is 1.75 bits per heavy atom. The van der Waals surface area contributed by atoms with Gasteiger partial charge in [-0.3, -0.25) is 10.7 Å². The van der Waals surface area contributed by atoms with E-state index in [1.54, 1.807) is 0 Å². The van der Waals surface area contributed by atoms with E-state index in [0.717, 1.165) is 0 Å². The maximum atomic E-state index is 8.04. The average molecular weight is 118 g/mol. The van der Waals surface area contributed by atoms with E-state index in [1.807, 2.05) is 0 Å². The Hall–Kier alpha value is -0.610. The lowest BCUT2D eigenvalue weighted by atomic mass is 10.1. The van der Waals surface area contributed by atoms with Crippen LogP contribution in [0.15, 0.2) is 0 Å². The second-order valence-electron chi connectivity index (χ2n) is 2.02. The summed E-state index contributed by atoms with van der Waals surface area (Å²) in [6.45, 7) is 2.99. The molecule has 0 aliphatic heterocycles. The van der Waals surface area contributed by atoms with Crippen molar-refractivity contribution in [2.45, 2.75) is 19.4 Å². The molecule has 0 saturated heterocycles. The molecule has 0 spiro atoms. The Labute approximate surface area is 47.7 Å². The van der Waals surface area contributed by atoms with E-state index in [9.17, 15) is 0 Å². The predicted octanol–water partition coefficient (Wildman–Crippen LogP) is 0.191. The van der Waals surface area contributed by atoms with Crippen molar-refractivity contribution in [1.29, 1.82) is 5.41 Å². The summed E-state index contributed by atoms with van der Waals surface area (Å²) < 4.78 is 0. The van der Waals surface area contributed by atoms with Crippen LogP contribution < -0.4 is 5.73 Å². The highest BCUT2D eigenvalue weighted by Gasteiger charge is 2.21. The van der Waals surface area contributed by atoms with E-state index >= 15 is 0 Å². The van der Waals surface area contributed by atoms with Crippen LogP contribution in [0.3, 0.4) is 0 Å². The minimum absolute atomic E-state index is 0.194. The van der Waals surface area contributed by atoms with Crippen molar-refractivity contribution in [3.05, 3.63) is 0 Å². The summed E-state index contributed by atoms with van der Waals surface area (Å²) in [5.74, 6) is -0.194. The topological polar surface area (TPSA) is 79.3 Å². The molecule has 0 radical (unpaired) electrons. The van der Waals surface area contributed by atoms with Gasteiger partial charge in [-0.05, 0) is 13.8 Å². The maximum Gasteiger partial charge on any atom is 0.154 e. The number of rotatable bonds is 2. The van der Waals surface area contributed by atoms with Crippen molar-refractivity contribution >= 4 is 5.84 Å². The molecule has 0 aromatic carbocycles. The second kappa shape index (κ2) is 2.11. The van der Waals surface area contributed by atoms with Crippen molar-refractivity contribution in [2.75, 3.05) is 0 Å². The summed E-state index contributed by atoms with van der Waals surface area (Å²) in [5.41, 5.74) is 3.94. The molecule has 0 fully saturated rings. The number of nitrogens with one attached hydrogen (secondary N) is 1. The zero-order valence-corrected chi connectivity index (χ0v) is 4.93. The largest absolute Gasteiger partial charge is 0.385 e. The fraction of sp³-hybridized carbons (Fsp3) is 0.750. The summed E-state index contributed by atoms with van der Waals surface area (Å²) in [6.07, 6.45) is 0. The summed E-state index contributed by atoms with van der Waals surface area (Å²) in [4.78, 5) is 3.85. The van der Waals surface area contributed by atoms with Crippen molar-refractivity contribution < 1.29 is 10.1 Å². The molecule has 4 heteroatoms. The van der Waals surface area contributed by atoms with Crippen LogP contribution in [0.25, 0.3) is 0 Å². The molecule has 0 unspecified atom stereocenters. The standard InChI is InChI=1S/C4H10N2O2/c1-4(2,8-7)3(5)6/h7H,1-2H3,(H3,5,6). The lowest BCUT2D eigenvalue weighted by Crippen LogP contribution is -2.39. The Morgan fingerprint density at radius 3 is 2.12 bits per heavy atom. The van der Waals surface area contributed by atoms with Gasteiger partial charge < -0.3 is 5.73 Å². The summed E-state index contributed by atoms with van der Waals surface area (Å²) in [6, 6.07) is 0. The Morgan fingerprint density at radius 2 is 2.12 bits per heavy atom. The van der Waals surface area contributed by atoms with Gasteiger partial charge in [-0.1, -0.05) is 0 Å². The molecule has 48 valence electrons. The fourth-order valence-electron chi connectivity index (χ4n) is 0.0492. The average Bonchev–Trinajstić information content (AvgIpc) is 1.67. The molecule has 8 heavy (non-hydrogen) atoms. The summed E-state index contributed by atoms with van der Waals surface area (Å²) in [7, 11) is 0. The first kappa shape index (κ1) is 7.39. The van der Waals surface area contributed by atoms with Crippen LogP contribution in [-0.2, 0) is 4.89 Å². The Balaban J connectivity index is 3.91. The van der Waals surface area contributed by atoms with Crippen LogP contribution >= 0.6 is 0 Å². The van der Waals surface area contributed by atoms with E-state index in [0.29, 0.717) is 0 Å². The second-order valence-corrected chi connectivity index (χ2v) is 2.02. The monoisotopic (exact) mass is 118 g/mol. The van der Waals surface area contributed by atoms with Gasteiger partial charge in [0.05, 0.1) is 0 Å². The number of hydrogen-bond donors (Lipinski definition) is 3. The van der Waals surface area contributed by atoms with Gasteiger partial charge >= 0.3 is 0 Å². The number of hydrogen-bond acceptors (Lipinski definition) is 3. The lowest BCUT2D eigenvalue weighted by molar-refractivity contribution is -0.290. The highest BCUT2D eigenvalue weighted by Crippen LogP contribution is 2.04. The van der Waals surface area contributed by atoms with E-state index in [-0.39, 0.29) is 5.84 Å². The molecule has 0 heterocycles. The fourth-order valence-corrected chi connectivity index (χ4v) is 0.0492. The van der Waals surface area contributed by atoms with Crippen molar-refractivity contribution in [3.63, 3.8) is 0 Å². The molecule has 0 aromatic heterocycles. The highest BCUT2D eigenvalue weighted by atomic mass is 17.1. The van der Waals surface area contributed by atoms with Crippen LogP contribution in [0.5, 0.6) is 0 Å². The van der Waals surface area contributed by atoms with Crippen LogP contribution in [0.4, 0.5) is 0 Å². The molecular formula is C4H10N2O2. The molecule has 0 aromatic rings. The van der Waals surface area contributed by atoms with Gasteiger partial charge in [-0.25, -0.2) is 4.89 Å². The normalized spacial score (nSPS) is 11.4. The molecule has 0 amide bonds. The van der Waals surface area contributed by atoms with Crippen LogP contribution in [0.2, 0.25) is 0 Å². The van der Waals surface area contributed by atoms with E-state index in [1.165, 1.54) is 13.8 Å². The van der Waals surface area contributed by atoms with Gasteiger partial charge in [0.1, 0.15) is 5.84 Å². The molecular weight excluding hydrogens is 108 g/mol. The molecule has 0 rings (SSSR count). The van der Waals surface area contributed by atoms with E-state index < -0.39 is 5.60 Å². The van der Waals surface area contributed by atoms with Gasteiger partial charge in [-0.15, -0.1) is 0 Å². The van der Waals surface area contributed by atoms with Crippen molar-refractivity contribution in [1.82, 2.24) is 0 Å². The van der Waals surface area contributed by atoms with Gasteiger partial charge in [-0.2, -0.15) is 0 Å². The molecule has 0 saturated carbocycles. The van der Waals surface area contributed by atoms with E-state index in [4.69, 9.17) is 16.4 Å². The van der Waals surface area contributed by atoms with Gasteiger partial charge in [0, 0.05) is 0 Å². The zero-order valence-electron chi connectivity index (χ0n) is 4.93. The van der Waals surface area contributed by atoms with Crippen molar-refractivity contribution in [2.24, 2.45) is 5.73 Å². The quantitative estimate of drug-likeness (QED) is 0.209. The molecule has 0 atom stereocenters. The predicted molar refractivity (Wildman–Crippen MR) is 29.7 cm³/mol. The van der Waals surface area contributed by atoms with Gasteiger partial charge in [0.25, 0.3) is 0 Å². The van der Waals surface area contributed by atoms with Gasteiger partial charge in [0.15, 0.2) is 5.60 Å². The Kier molecular flexibility index (Phi) is 1.94.